The van der Waals surface area contributed by atoms with E-state index in [-0.39, 0.29) is 22.4 Å². The molecule has 3 aromatic rings. The van der Waals surface area contributed by atoms with E-state index in [1.807, 2.05) is 36.4 Å². The van der Waals surface area contributed by atoms with Crippen LogP contribution >= 0.6 is 11.6 Å². The molecule has 1 atom stereocenters. The van der Waals surface area contributed by atoms with Crippen molar-refractivity contribution in [3.05, 3.63) is 82.6 Å². The van der Waals surface area contributed by atoms with Crippen molar-refractivity contribution < 1.29 is 9.13 Å². The number of nitrogens with one attached hydrogen (secondary N) is 2. The van der Waals surface area contributed by atoms with Gasteiger partial charge in [-0.1, -0.05) is 41.9 Å². The van der Waals surface area contributed by atoms with E-state index < -0.39 is 5.82 Å². The Morgan fingerprint density at radius 3 is 2.81 bits per heavy atom. The van der Waals surface area contributed by atoms with Gasteiger partial charge in [0.25, 0.3) is 0 Å². The topological polar surface area (TPSA) is 73.7 Å². The van der Waals surface area contributed by atoms with E-state index in [9.17, 15) is 9.65 Å². The lowest BCUT2D eigenvalue weighted by Gasteiger charge is -2.21. The molecule has 0 aliphatic heterocycles. The number of benzene rings is 2. The standard InChI is InChI=1S/C20H18ClFN4O/c21-16-11-19(15(12-23)10-17(16)22)27-18(14-4-2-1-3-5-14)6-7-24-13-20-25-8-9-26-20/h1-5,8-11,18,24H,6-7,13H2,(H,25,26)/t18-/m1/s1. The Bertz CT molecular complexity index is 910. The summed E-state index contributed by atoms with van der Waals surface area (Å²) in [5.41, 5.74) is 1.07. The lowest BCUT2D eigenvalue weighted by Crippen LogP contribution is -2.20. The summed E-state index contributed by atoms with van der Waals surface area (Å²) in [6, 6.07) is 14.1. The summed E-state index contributed by atoms with van der Waals surface area (Å²) in [6.45, 7) is 1.28. The van der Waals surface area contributed by atoms with Crippen molar-refractivity contribution in [2.24, 2.45) is 0 Å². The number of aromatic amines is 1. The van der Waals surface area contributed by atoms with Gasteiger partial charge in [-0.05, 0) is 18.2 Å². The van der Waals surface area contributed by atoms with E-state index in [2.05, 4.69) is 15.3 Å². The first-order chi connectivity index (χ1) is 13.2. The van der Waals surface area contributed by atoms with Gasteiger partial charge in [0.1, 0.15) is 29.6 Å². The number of aromatic nitrogens is 2. The highest BCUT2D eigenvalue weighted by atomic mass is 35.5. The summed E-state index contributed by atoms with van der Waals surface area (Å²) in [4.78, 5) is 7.20. The largest absolute Gasteiger partial charge is 0.484 e. The molecule has 0 fully saturated rings. The van der Waals surface area contributed by atoms with Crippen molar-refractivity contribution in [1.82, 2.24) is 15.3 Å². The van der Waals surface area contributed by atoms with Gasteiger partial charge in [0.15, 0.2) is 0 Å². The average molecular weight is 385 g/mol. The number of nitriles is 1. The molecule has 7 heteroatoms. The number of ether oxygens (including phenoxy) is 1. The maximum Gasteiger partial charge on any atom is 0.143 e. The van der Waals surface area contributed by atoms with Gasteiger partial charge in [-0.25, -0.2) is 9.37 Å². The van der Waals surface area contributed by atoms with Gasteiger partial charge in [0, 0.05) is 24.9 Å². The molecule has 0 saturated heterocycles. The van der Waals surface area contributed by atoms with Gasteiger partial charge in [-0.15, -0.1) is 0 Å². The lowest BCUT2D eigenvalue weighted by atomic mass is 10.1. The van der Waals surface area contributed by atoms with Crippen LogP contribution in [0.15, 0.2) is 54.9 Å². The SMILES string of the molecule is N#Cc1cc(F)c(Cl)cc1O[C@H](CCNCc1ncc[nH]1)c1ccccc1. The fourth-order valence-electron chi connectivity index (χ4n) is 2.66. The van der Waals surface area contributed by atoms with Gasteiger partial charge in [-0.2, -0.15) is 5.26 Å². The summed E-state index contributed by atoms with van der Waals surface area (Å²) in [7, 11) is 0. The third-order valence-corrected chi connectivity index (χ3v) is 4.30. The molecule has 3 rings (SSSR count). The van der Waals surface area contributed by atoms with Crippen molar-refractivity contribution >= 4 is 11.6 Å². The summed E-state index contributed by atoms with van der Waals surface area (Å²) >= 11 is 5.87. The van der Waals surface area contributed by atoms with Gasteiger partial charge in [-0.3, -0.25) is 0 Å². The maximum atomic E-state index is 13.6. The van der Waals surface area contributed by atoms with Crippen molar-refractivity contribution in [3.8, 4) is 11.8 Å². The zero-order valence-electron chi connectivity index (χ0n) is 14.5. The molecule has 0 saturated carbocycles. The normalized spacial score (nSPS) is 11.7. The van der Waals surface area contributed by atoms with Crippen LogP contribution < -0.4 is 10.1 Å². The highest BCUT2D eigenvalue weighted by Gasteiger charge is 2.17. The lowest BCUT2D eigenvalue weighted by molar-refractivity contribution is 0.193. The zero-order valence-corrected chi connectivity index (χ0v) is 15.2. The minimum Gasteiger partial charge on any atom is -0.484 e. The molecule has 138 valence electrons. The van der Waals surface area contributed by atoms with Crippen LogP contribution in [-0.2, 0) is 6.54 Å². The number of rotatable bonds is 8. The molecule has 1 heterocycles. The number of H-pyrrole nitrogens is 1. The highest BCUT2D eigenvalue weighted by molar-refractivity contribution is 6.30. The number of hydrogen-bond acceptors (Lipinski definition) is 4. The summed E-state index contributed by atoms with van der Waals surface area (Å²) in [6.07, 6.45) is 3.80. The van der Waals surface area contributed by atoms with Crippen LogP contribution in [0.1, 0.15) is 29.5 Å². The second-order valence-corrected chi connectivity index (χ2v) is 6.30. The first-order valence-corrected chi connectivity index (χ1v) is 8.85. The fraction of sp³-hybridized carbons (Fsp3) is 0.200. The number of imidazole rings is 1. The van der Waals surface area contributed by atoms with Crippen LogP contribution in [-0.4, -0.2) is 16.5 Å². The molecule has 1 aromatic heterocycles. The molecule has 0 amide bonds. The van der Waals surface area contributed by atoms with Crippen molar-refractivity contribution in [1.29, 1.82) is 5.26 Å². The van der Waals surface area contributed by atoms with E-state index in [1.165, 1.54) is 6.07 Å². The second-order valence-electron chi connectivity index (χ2n) is 5.89. The maximum absolute atomic E-state index is 13.6. The molecule has 0 aliphatic carbocycles. The van der Waals surface area contributed by atoms with Crippen LogP contribution in [0.2, 0.25) is 5.02 Å². The molecule has 2 aromatic carbocycles. The van der Waals surface area contributed by atoms with Gasteiger partial charge in [0.2, 0.25) is 0 Å². The zero-order chi connectivity index (χ0) is 19.1. The van der Waals surface area contributed by atoms with Crippen molar-refractivity contribution in [3.63, 3.8) is 0 Å². The number of nitrogens with zero attached hydrogens (tertiary/aromatic N) is 2. The first-order valence-electron chi connectivity index (χ1n) is 8.47. The smallest absolute Gasteiger partial charge is 0.143 e. The van der Waals surface area contributed by atoms with Crippen LogP contribution in [0.4, 0.5) is 4.39 Å². The average Bonchev–Trinajstić information content (AvgIpc) is 3.21. The molecule has 5 nitrogen and oxygen atoms in total. The molecule has 0 radical (unpaired) electrons. The summed E-state index contributed by atoms with van der Waals surface area (Å²) < 4.78 is 19.7. The Hall–Kier alpha value is -2.88. The third kappa shape index (κ3) is 5.07. The van der Waals surface area contributed by atoms with E-state index in [4.69, 9.17) is 16.3 Å². The molecular weight excluding hydrogens is 367 g/mol. The second kappa shape index (κ2) is 9.17. The van der Waals surface area contributed by atoms with Gasteiger partial charge < -0.3 is 15.0 Å². The molecule has 0 spiro atoms. The van der Waals surface area contributed by atoms with Crippen LogP contribution in [0.25, 0.3) is 0 Å². The van der Waals surface area contributed by atoms with E-state index in [0.717, 1.165) is 17.5 Å². The first kappa shape index (κ1) is 18.9. The highest BCUT2D eigenvalue weighted by Crippen LogP contribution is 2.31. The monoisotopic (exact) mass is 384 g/mol. The quantitative estimate of drug-likeness (QED) is 0.565. The molecule has 27 heavy (non-hydrogen) atoms. The Morgan fingerprint density at radius 2 is 2.11 bits per heavy atom. The predicted octanol–water partition coefficient (Wildman–Crippen LogP) is 4.37. The van der Waals surface area contributed by atoms with E-state index >= 15 is 0 Å². The minimum absolute atomic E-state index is 0.0771. The van der Waals surface area contributed by atoms with E-state index in [0.29, 0.717) is 19.5 Å². The Kier molecular flexibility index (Phi) is 6.42. The predicted molar refractivity (Wildman–Crippen MR) is 101 cm³/mol. The van der Waals surface area contributed by atoms with Crippen molar-refractivity contribution in [2.75, 3.05) is 6.54 Å². The number of halogens is 2. The van der Waals surface area contributed by atoms with E-state index in [1.54, 1.807) is 12.4 Å². The third-order valence-electron chi connectivity index (χ3n) is 4.01. The Balaban J connectivity index is 1.73. The molecule has 2 N–H and O–H groups in total. The summed E-state index contributed by atoms with van der Waals surface area (Å²) in [5, 5.41) is 12.5. The Labute approximate surface area is 161 Å². The van der Waals surface area contributed by atoms with Crippen LogP contribution in [0, 0.1) is 17.1 Å². The van der Waals surface area contributed by atoms with Gasteiger partial charge >= 0.3 is 0 Å². The van der Waals surface area contributed by atoms with Gasteiger partial charge in [0.05, 0.1) is 17.1 Å². The minimum atomic E-state index is -0.642. The number of hydrogen-bond donors (Lipinski definition) is 2. The van der Waals surface area contributed by atoms with Crippen LogP contribution in [0.5, 0.6) is 5.75 Å². The fourth-order valence-corrected chi connectivity index (χ4v) is 2.82. The summed E-state index contributed by atoms with van der Waals surface area (Å²) in [5.74, 6) is 0.477. The molecule has 0 aliphatic rings. The Morgan fingerprint density at radius 1 is 1.30 bits per heavy atom. The van der Waals surface area contributed by atoms with Crippen molar-refractivity contribution in [2.45, 2.75) is 19.1 Å². The van der Waals surface area contributed by atoms with Crippen LogP contribution in [0.3, 0.4) is 0 Å². The molecule has 0 unspecified atom stereocenters. The molecular formula is C20H18ClFN4O. The molecule has 0 bridgehead atoms.